The lowest BCUT2D eigenvalue weighted by Crippen LogP contribution is -2.44. The monoisotopic (exact) mass is 458 g/mol. The highest BCUT2D eigenvalue weighted by Gasteiger charge is 2.30. The molecule has 172 valence electrons. The number of nitrogens with one attached hydrogen (secondary N) is 2. The molecule has 1 aliphatic carbocycles. The molecule has 0 bridgehead atoms. The first-order chi connectivity index (χ1) is 16.4. The summed E-state index contributed by atoms with van der Waals surface area (Å²) in [5.41, 5.74) is 4.00. The molecule has 0 radical (unpaired) electrons. The van der Waals surface area contributed by atoms with Crippen LogP contribution in [0, 0.1) is 12.3 Å². The largest absolute Gasteiger partial charge is 0.476 e. The van der Waals surface area contributed by atoms with Gasteiger partial charge in [0.25, 0.3) is 0 Å². The highest BCUT2D eigenvalue weighted by Crippen LogP contribution is 2.44. The van der Waals surface area contributed by atoms with E-state index in [1.807, 2.05) is 48.5 Å². The first-order valence-electron chi connectivity index (χ1n) is 10.5. The zero-order valence-corrected chi connectivity index (χ0v) is 18.3. The first kappa shape index (κ1) is 22.6. The third-order valence-corrected chi connectivity index (χ3v) is 5.56. The fraction of sp³-hybridized carbons (Fsp3) is 0.200. The van der Waals surface area contributed by atoms with Crippen LogP contribution in [0.15, 0.2) is 54.7 Å². The molecule has 1 aliphatic rings. The Morgan fingerprint density at radius 3 is 2.35 bits per heavy atom. The number of benzene rings is 2. The van der Waals surface area contributed by atoms with Crippen LogP contribution in [0.2, 0.25) is 0 Å². The quantitative estimate of drug-likeness (QED) is 0.468. The van der Waals surface area contributed by atoms with Gasteiger partial charge in [-0.05, 0) is 22.3 Å². The normalized spacial score (nSPS) is 12.7. The Morgan fingerprint density at radius 2 is 1.76 bits per heavy atom. The number of nitrogens with zero attached hydrogens (tertiary/aromatic N) is 2. The van der Waals surface area contributed by atoms with Gasteiger partial charge < -0.3 is 20.5 Å². The molecule has 1 aromatic heterocycles. The lowest BCUT2D eigenvalue weighted by molar-refractivity contribution is -0.118. The number of aryl methyl sites for hydroxylation is 1. The lowest BCUT2D eigenvalue weighted by Gasteiger charge is -2.18. The molecular formula is C25H22N4O5. The Hall–Kier alpha value is -4.58. The second-order valence-corrected chi connectivity index (χ2v) is 7.79. The number of fused-ring (bicyclic) bond motifs is 3. The molecule has 2 amide bonds. The minimum Gasteiger partial charge on any atom is -0.476 e. The summed E-state index contributed by atoms with van der Waals surface area (Å²) in [7, 11) is 1.52. The van der Waals surface area contributed by atoms with Crippen molar-refractivity contribution in [2.24, 2.45) is 7.05 Å². The van der Waals surface area contributed by atoms with Gasteiger partial charge in [0.15, 0.2) is 5.69 Å². The molecule has 1 unspecified atom stereocenters. The Labute approximate surface area is 195 Å². The van der Waals surface area contributed by atoms with Gasteiger partial charge in [-0.1, -0.05) is 48.5 Å². The molecule has 1 heterocycles. The van der Waals surface area contributed by atoms with Crippen LogP contribution in [-0.4, -0.2) is 45.5 Å². The molecular weight excluding hydrogens is 436 g/mol. The number of terminal acetylenes is 1. The first-order valence-corrected chi connectivity index (χ1v) is 10.5. The Kier molecular flexibility index (Phi) is 6.32. The Morgan fingerprint density at radius 1 is 1.15 bits per heavy atom. The van der Waals surface area contributed by atoms with Crippen LogP contribution in [0.1, 0.15) is 34.0 Å². The predicted octanol–water partition coefficient (Wildman–Crippen LogP) is 2.99. The van der Waals surface area contributed by atoms with Crippen LogP contribution < -0.4 is 10.6 Å². The summed E-state index contributed by atoms with van der Waals surface area (Å²) >= 11 is 0. The van der Waals surface area contributed by atoms with E-state index in [9.17, 15) is 19.5 Å². The molecule has 3 N–H and O–H groups in total. The number of rotatable bonds is 7. The second kappa shape index (κ2) is 9.50. The molecule has 0 aliphatic heterocycles. The van der Waals surface area contributed by atoms with E-state index in [1.165, 1.54) is 17.9 Å². The van der Waals surface area contributed by atoms with Crippen LogP contribution in [0.25, 0.3) is 11.1 Å². The highest BCUT2D eigenvalue weighted by atomic mass is 16.5. The molecule has 9 nitrogen and oxygen atoms in total. The van der Waals surface area contributed by atoms with Gasteiger partial charge in [0.05, 0.1) is 5.69 Å². The van der Waals surface area contributed by atoms with Gasteiger partial charge in [0.2, 0.25) is 5.91 Å². The van der Waals surface area contributed by atoms with E-state index in [1.54, 1.807) is 0 Å². The van der Waals surface area contributed by atoms with Crippen molar-refractivity contribution in [2.45, 2.75) is 18.4 Å². The maximum atomic E-state index is 12.7. The number of carboxylic acid groups (broad SMARTS) is 1. The molecule has 0 saturated heterocycles. The van der Waals surface area contributed by atoms with Gasteiger partial charge in [-0.2, -0.15) is 5.10 Å². The zero-order valence-electron chi connectivity index (χ0n) is 18.3. The van der Waals surface area contributed by atoms with Crippen molar-refractivity contribution in [2.75, 3.05) is 11.9 Å². The molecule has 0 saturated carbocycles. The molecule has 9 heteroatoms. The van der Waals surface area contributed by atoms with Crippen LogP contribution in [0.4, 0.5) is 10.5 Å². The SMILES string of the molecule is C#CCC(NC(=O)OCC1c2ccccc2-c2ccccc21)C(=O)Nc1cn(C)nc1C(=O)O. The molecule has 4 rings (SSSR count). The number of anilines is 1. The summed E-state index contributed by atoms with van der Waals surface area (Å²) < 4.78 is 6.73. The third kappa shape index (κ3) is 4.47. The molecule has 0 fully saturated rings. The van der Waals surface area contributed by atoms with E-state index in [0.717, 1.165) is 22.3 Å². The van der Waals surface area contributed by atoms with Crippen molar-refractivity contribution >= 4 is 23.7 Å². The van der Waals surface area contributed by atoms with Crippen LogP contribution in [-0.2, 0) is 16.6 Å². The number of carboxylic acids is 1. The van der Waals surface area contributed by atoms with Crippen molar-refractivity contribution < 1.29 is 24.2 Å². The van der Waals surface area contributed by atoms with E-state index in [4.69, 9.17) is 11.2 Å². The molecule has 34 heavy (non-hydrogen) atoms. The number of alkyl carbamates (subject to hydrolysis) is 1. The van der Waals surface area contributed by atoms with Gasteiger partial charge in [0, 0.05) is 25.6 Å². The summed E-state index contributed by atoms with van der Waals surface area (Å²) in [6, 6.07) is 14.8. The summed E-state index contributed by atoms with van der Waals surface area (Å²) in [6.45, 7) is 0.0794. The Bertz CT molecular complexity index is 1260. The maximum absolute atomic E-state index is 12.7. The van der Waals surface area contributed by atoms with Crippen molar-refractivity contribution in [3.63, 3.8) is 0 Å². The Balaban J connectivity index is 1.43. The van der Waals surface area contributed by atoms with Crippen molar-refractivity contribution in [1.29, 1.82) is 0 Å². The summed E-state index contributed by atoms with van der Waals surface area (Å²) in [5.74, 6) is 0.229. The standard InChI is InChI=1S/C25H22N4O5/c1-3-8-20(23(30)26-21-13-29(2)28-22(21)24(31)32)27-25(33)34-14-19-17-11-6-4-9-15(17)16-10-5-7-12-18(16)19/h1,4-7,9-13,19-20H,8,14H2,2H3,(H,26,30)(H,27,33)(H,31,32). The smallest absolute Gasteiger partial charge is 0.407 e. The van der Waals surface area contributed by atoms with Crippen molar-refractivity contribution in [3.8, 4) is 23.5 Å². The summed E-state index contributed by atoms with van der Waals surface area (Å²) in [5, 5.41) is 18.0. The number of aromatic carboxylic acids is 1. The number of hydrogen-bond donors (Lipinski definition) is 3. The fourth-order valence-corrected chi connectivity index (χ4v) is 4.07. The number of ether oxygens (including phenoxy) is 1. The van der Waals surface area contributed by atoms with Gasteiger partial charge in [-0.3, -0.25) is 9.48 Å². The fourth-order valence-electron chi connectivity index (χ4n) is 4.07. The van der Waals surface area contributed by atoms with Crippen LogP contribution in [0.5, 0.6) is 0 Å². The minimum absolute atomic E-state index is 0.00337. The van der Waals surface area contributed by atoms with E-state index in [2.05, 4.69) is 21.7 Å². The average Bonchev–Trinajstić information content (AvgIpc) is 3.35. The van der Waals surface area contributed by atoms with Gasteiger partial charge in [-0.15, -0.1) is 12.3 Å². The highest BCUT2D eigenvalue weighted by molar-refractivity contribution is 6.01. The van der Waals surface area contributed by atoms with E-state index in [0.29, 0.717) is 0 Å². The van der Waals surface area contributed by atoms with Gasteiger partial charge >= 0.3 is 12.1 Å². The lowest BCUT2D eigenvalue weighted by atomic mass is 9.98. The molecule has 2 aromatic carbocycles. The zero-order chi connectivity index (χ0) is 24.2. The van der Waals surface area contributed by atoms with Gasteiger partial charge in [0.1, 0.15) is 12.6 Å². The summed E-state index contributed by atoms with van der Waals surface area (Å²) in [6.07, 6.45) is 5.80. The second-order valence-electron chi connectivity index (χ2n) is 7.79. The molecule has 3 aromatic rings. The average molecular weight is 458 g/mol. The van der Waals surface area contributed by atoms with Gasteiger partial charge in [-0.25, -0.2) is 9.59 Å². The van der Waals surface area contributed by atoms with Crippen LogP contribution in [0.3, 0.4) is 0 Å². The molecule has 1 atom stereocenters. The van der Waals surface area contributed by atoms with Crippen LogP contribution >= 0.6 is 0 Å². The van der Waals surface area contributed by atoms with Crippen molar-refractivity contribution in [1.82, 2.24) is 15.1 Å². The maximum Gasteiger partial charge on any atom is 0.407 e. The van der Waals surface area contributed by atoms with Crippen molar-refractivity contribution in [3.05, 3.63) is 71.5 Å². The number of carbonyl (C=O) groups is 3. The third-order valence-electron chi connectivity index (χ3n) is 5.56. The number of carbonyl (C=O) groups excluding carboxylic acids is 2. The predicted molar refractivity (Wildman–Crippen MR) is 124 cm³/mol. The summed E-state index contributed by atoms with van der Waals surface area (Å²) in [4.78, 5) is 36.6. The minimum atomic E-state index is -1.30. The molecule has 0 spiro atoms. The van der Waals surface area contributed by atoms with E-state index >= 15 is 0 Å². The topological polar surface area (TPSA) is 123 Å². The number of hydrogen-bond acceptors (Lipinski definition) is 5. The van der Waals surface area contributed by atoms with E-state index < -0.39 is 24.0 Å². The number of aromatic nitrogens is 2. The van der Waals surface area contributed by atoms with E-state index in [-0.39, 0.29) is 30.3 Å². The number of amides is 2.